The van der Waals surface area contributed by atoms with Crippen LogP contribution in [0.2, 0.25) is 0 Å². The Labute approximate surface area is 191 Å². The Morgan fingerprint density at radius 3 is 2.53 bits per heavy atom. The van der Waals surface area contributed by atoms with Crippen molar-refractivity contribution in [3.63, 3.8) is 0 Å². The molecule has 2 atom stereocenters. The minimum atomic E-state index is -4.06. The molecule has 11 heteroatoms. The Hall–Kier alpha value is -1.50. The average Bonchev–Trinajstić information content (AvgIpc) is 2.74. The summed E-state index contributed by atoms with van der Waals surface area (Å²) in [4.78, 5) is 11.9. The molecule has 1 amide bonds. The normalized spacial score (nSPS) is 20.0. The van der Waals surface area contributed by atoms with Crippen molar-refractivity contribution < 1.29 is 28.3 Å². The fourth-order valence-electron chi connectivity index (χ4n) is 3.18. The summed E-state index contributed by atoms with van der Waals surface area (Å²) in [5.74, 6) is -0.353. The van der Waals surface area contributed by atoms with Crippen LogP contribution in [0, 0.1) is 0 Å². The van der Waals surface area contributed by atoms with Crippen molar-refractivity contribution in [1.82, 2.24) is 9.79 Å². The molecule has 30 heavy (non-hydrogen) atoms. The Morgan fingerprint density at radius 1 is 1.17 bits per heavy atom. The molecule has 8 nitrogen and oxygen atoms in total. The Bertz CT molecular complexity index is 1020. The molecular weight excluding hydrogens is 544 g/mol. The molecule has 3 rings (SSSR count). The summed E-state index contributed by atoms with van der Waals surface area (Å²) in [7, 11) is -4.06. The molecule has 0 spiro atoms. The van der Waals surface area contributed by atoms with E-state index in [0.717, 1.165) is 18.8 Å². The summed E-state index contributed by atoms with van der Waals surface area (Å²) >= 11 is 6.86. The second-order valence-electron chi connectivity index (χ2n) is 6.79. The third kappa shape index (κ3) is 5.21. The average molecular weight is 564 g/mol. The molecule has 2 aromatic rings. The van der Waals surface area contributed by atoms with Crippen molar-refractivity contribution in [3.05, 3.63) is 57.0 Å². The highest BCUT2D eigenvalue weighted by atomic mass is 79.9. The Kier molecular flexibility index (Phi) is 7.53. The van der Waals surface area contributed by atoms with Gasteiger partial charge < -0.3 is 9.84 Å². The van der Waals surface area contributed by atoms with Gasteiger partial charge in [-0.1, -0.05) is 31.9 Å². The first kappa shape index (κ1) is 23.2. The van der Waals surface area contributed by atoms with Crippen LogP contribution in [0.15, 0.2) is 56.3 Å². The predicted octanol–water partition coefficient (Wildman–Crippen LogP) is 2.81. The molecule has 0 bridgehead atoms. The number of piperidine rings is 1. The van der Waals surface area contributed by atoms with E-state index in [1.165, 1.54) is 29.7 Å². The third-order valence-corrected chi connectivity index (χ3v) is 7.91. The van der Waals surface area contributed by atoms with Crippen LogP contribution in [0.3, 0.4) is 0 Å². The summed E-state index contributed by atoms with van der Waals surface area (Å²) in [6.45, 7) is 0.0543. The summed E-state index contributed by atoms with van der Waals surface area (Å²) in [5.41, 5.74) is 2.42. The lowest BCUT2D eigenvalue weighted by Gasteiger charge is -2.35. The van der Waals surface area contributed by atoms with E-state index < -0.39 is 28.1 Å². The van der Waals surface area contributed by atoms with Crippen LogP contribution < -0.4 is 10.2 Å². The number of amides is 1. The molecular formula is C19H20Br2N2O6S. The molecule has 3 N–H and O–H groups in total. The van der Waals surface area contributed by atoms with Gasteiger partial charge in [0, 0.05) is 21.1 Å². The number of carbonyl (C=O) groups is 1. The minimum absolute atomic E-state index is 0.0386. The number of rotatable bonds is 6. The van der Waals surface area contributed by atoms with Crippen LogP contribution >= 0.6 is 31.9 Å². The van der Waals surface area contributed by atoms with Gasteiger partial charge in [0.2, 0.25) is 10.0 Å². The first-order valence-electron chi connectivity index (χ1n) is 9.03. The number of nitrogens with zero attached hydrogens (tertiary/aromatic N) is 1. The molecule has 0 saturated carbocycles. The van der Waals surface area contributed by atoms with Crippen LogP contribution in [0.1, 0.15) is 18.4 Å². The molecule has 1 fully saturated rings. The SMILES string of the molecule is O=C(NO)C1CCC(O)CN1S(=O)(=O)c1ccc(OCc2cc(Br)ccc2Br)cc1. The number of ether oxygens (including phenoxy) is 1. The summed E-state index contributed by atoms with van der Waals surface area (Å²) in [5, 5.41) is 18.8. The highest BCUT2D eigenvalue weighted by Gasteiger charge is 2.40. The van der Waals surface area contributed by atoms with Gasteiger partial charge in [-0.2, -0.15) is 4.31 Å². The zero-order chi connectivity index (χ0) is 21.9. The van der Waals surface area contributed by atoms with Crippen LogP contribution in [-0.2, 0) is 21.4 Å². The van der Waals surface area contributed by atoms with E-state index in [9.17, 15) is 18.3 Å². The second-order valence-corrected chi connectivity index (χ2v) is 10.5. The number of β-amino-alcohol motifs (C(OH)–C–C–N with tert-alkyl or cyclic N) is 1. The van der Waals surface area contributed by atoms with Crippen molar-refractivity contribution >= 4 is 47.8 Å². The molecule has 0 aliphatic carbocycles. The predicted molar refractivity (Wildman–Crippen MR) is 115 cm³/mol. The fourth-order valence-corrected chi connectivity index (χ4v) is 5.61. The highest BCUT2D eigenvalue weighted by Crippen LogP contribution is 2.28. The van der Waals surface area contributed by atoms with E-state index in [0.29, 0.717) is 5.75 Å². The summed E-state index contributed by atoms with van der Waals surface area (Å²) < 4.78 is 34.5. The van der Waals surface area contributed by atoms with Crippen molar-refractivity contribution in [2.24, 2.45) is 0 Å². The van der Waals surface area contributed by atoms with Crippen LogP contribution in [0.4, 0.5) is 0 Å². The largest absolute Gasteiger partial charge is 0.489 e. The number of sulfonamides is 1. The summed E-state index contributed by atoms with van der Waals surface area (Å²) in [6.07, 6.45) is -0.508. The lowest BCUT2D eigenvalue weighted by Crippen LogP contribution is -2.54. The number of benzene rings is 2. The van der Waals surface area contributed by atoms with Gasteiger partial charge in [-0.05, 0) is 55.3 Å². The van der Waals surface area contributed by atoms with Gasteiger partial charge in [0.25, 0.3) is 5.91 Å². The van der Waals surface area contributed by atoms with Crippen molar-refractivity contribution in [2.75, 3.05) is 6.54 Å². The van der Waals surface area contributed by atoms with Crippen molar-refractivity contribution in [3.8, 4) is 5.75 Å². The zero-order valence-electron chi connectivity index (χ0n) is 15.7. The zero-order valence-corrected chi connectivity index (χ0v) is 19.7. The molecule has 0 radical (unpaired) electrons. The van der Waals surface area contributed by atoms with Gasteiger partial charge >= 0.3 is 0 Å². The Balaban J connectivity index is 1.76. The number of aliphatic hydroxyl groups excluding tert-OH is 1. The number of aliphatic hydroxyl groups is 1. The lowest BCUT2D eigenvalue weighted by molar-refractivity contribution is -0.135. The topological polar surface area (TPSA) is 116 Å². The molecule has 1 heterocycles. The van der Waals surface area contributed by atoms with E-state index in [1.54, 1.807) is 0 Å². The summed E-state index contributed by atoms with van der Waals surface area (Å²) in [6, 6.07) is 10.4. The van der Waals surface area contributed by atoms with E-state index in [1.807, 2.05) is 18.2 Å². The van der Waals surface area contributed by atoms with Crippen molar-refractivity contribution in [2.45, 2.75) is 36.5 Å². The molecule has 1 aliphatic rings. The van der Waals surface area contributed by atoms with Crippen molar-refractivity contribution in [1.29, 1.82) is 0 Å². The minimum Gasteiger partial charge on any atom is -0.489 e. The monoisotopic (exact) mass is 562 g/mol. The van der Waals surface area contributed by atoms with Gasteiger partial charge in [-0.25, -0.2) is 13.9 Å². The maximum absolute atomic E-state index is 13.0. The third-order valence-electron chi connectivity index (χ3n) is 4.76. The maximum Gasteiger partial charge on any atom is 0.261 e. The molecule has 2 unspecified atom stereocenters. The van der Waals surface area contributed by atoms with E-state index in [-0.39, 0.29) is 30.9 Å². The maximum atomic E-state index is 13.0. The number of hydrogen-bond donors (Lipinski definition) is 3. The second kappa shape index (κ2) is 9.75. The van der Waals surface area contributed by atoms with E-state index >= 15 is 0 Å². The van der Waals surface area contributed by atoms with Crippen LogP contribution in [-0.4, -0.2) is 47.6 Å². The fraction of sp³-hybridized carbons (Fsp3) is 0.316. The first-order valence-corrected chi connectivity index (χ1v) is 12.1. The van der Waals surface area contributed by atoms with Gasteiger partial charge in [0.1, 0.15) is 18.4 Å². The quantitative estimate of drug-likeness (QED) is 0.367. The molecule has 162 valence electrons. The number of hydroxylamine groups is 1. The molecule has 0 aromatic heterocycles. The van der Waals surface area contributed by atoms with Gasteiger partial charge in [0.15, 0.2) is 0 Å². The Morgan fingerprint density at radius 2 is 1.87 bits per heavy atom. The first-order chi connectivity index (χ1) is 14.2. The smallest absolute Gasteiger partial charge is 0.261 e. The standard InChI is InChI=1S/C19H20Br2N2O6S/c20-13-1-7-17(21)12(9-13)11-29-15-3-5-16(6-4-15)30(27,28)23-10-14(24)2-8-18(23)19(25)22-26/h1,3-7,9,14,18,24,26H,2,8,10-11H2,(H,22,25). The van der Waals surface area contributed by atoms with Gasteiger partial charge in [-0.3, -0.25) is 10.0 Å². The number of halogens is 2. The number of nitrogens with one attached hydrogen (secondary N) is 1. The number of hydrogen-bond acceptors (Lipinski definition) is 6. The van der Waals surface area contributed by atoms with Crippen LogP contribution in [0.25, 0.3) is 0 Å². The van der Waals surface area contributed by atoms with E-state index in [2.05, 4.69) is 31.9 Å². The van der Waals surface area contributed by atoms with E-state index in [4.69, 9.17) is 9.94 Å². The van der Waals surface area contributed by atoms with Gasteiger partial charge in [0.05, 0.1) is 11.0 Å². The van der Waals surface area contributed by atoms with Gasteiger partial charge in [-0.15, -0.1) is 0 Å². The van der Waals surface area contributed by atoms with Crippen LogP contribution in [0.5, 0.6) is 5.75 Å². The molecule has 1 aliphatic heterocycles. The lowest BCUT2D eigenvalue weighted by atomic mass is 10.0. The molecule has 2 aromatic carbocycles. The highest BCUT2D eigenvalue weighted by molar-refractivity contribution is 9.11. The molecule has 1 saturated heterocycles. The number of carbonyl (C=O) groups excluding carboxylic acids is 1.